The molecule has 2 aliphatic rings. The fourth-order valence-corrected chi connectivity index (χ4v) is 5.57. The van der Waals surface area contributed by atoms with Gasteiger partial charge in [0.15, 0.2) is 5.60 Å². The van der Waals surface area contributed by atoms with E-state index in [0.717, 1.165) is 46.2 Å². The summed E-state index contributed by atoms with van der Waals surface area (Å²) in [5.41, 5.74) is 3.54. The topological polar surface area (TPSA) is 67.9 Å². The number of nitrogens with one attached hydrogen (secondary N) is 1. The molecular weight excluding hydrogens is 452 g/mol. The van der Waals surface area contributed by atoms with Crippen molar-refractivity contribution in [2.75, 3.05) is 23.3 Å². The molecule has 1 N–H and O–H groups in total. The molecule has 2 heterocycles. The summed E-state index contributed by atoms with van der Waals surface area (Å²) in [4.78, 5) is 27.1. The van der Waals surface area contributed by atoms with Gasteiger partial charge in [-0.15, -0.1) is 0 Å². The normalized spacial score (nSPS) is 17.1. The average Bonchev–Trinajstić information content (AvgIpc) is 3.17. The van der Waals surface area contributed by atoms with E-state index in [4.69, 9.17) is 9.47 Å². The van der Waals surface area contributed by atoms with Gasteiger partial charge in [-0.25, -0.2) is 4.79 Å². The van der Waals surface area contributed by atoms with Crippen LogP contribution in [0, 0.1) is 0 Å². The van der Waals surface area contributed by atoms with Crippen molar-refractivity contribution in [3.8, 4) is 11.5 Å². The van der Waals surface area contributed by atoms with E-state index < -0.39 is 5.60 Å². The van der Waals surface area contributed by atoms with E-state index in [0.29, 0.717) is 22.7 Å². The fourth-order valence-electron chi connectivity index (χ4n) is 5.57. The molecule has 6 heteroatoms. The van der Waals surface area contributed by atoms with Crippen LogP contribution in [0.3, 0.4) is 0 Å². The molecule has 0 saturated heterocycles. The van der Waals surface area contributed by atoms with Crippen LogP contribution in [0.2, 0.25) is 0 Å². The van der Waals surface area contributed by atoms with Gasteiger partial charge in [0.05, 0.1) is 11.1 Å². The van der Waals surface area contributed by atoms with Crippen molar-refractivity contribution in [2.45, 2.75) is 26.4 Å². The van der Waals surface area contributed by atoms with Gasteiger partial charge in [-0.05, 0) is 61.0 Å². The van der Waals surface area contributed by atoms with Crippen molar-refractivity contribution < 1.29 is 19.1 Å². The van der Waals surface area contributed by atoms with Crippen LogP contribution in [0.25, 0.3) is 10.8 Å². The predicted molar refractivity (Wildman–Crippen MR) is 140 cm³/mol. The van der Waals surface area contributed by atoms with E-state index in [2.05, 4.69) is 30.1 Å². The first-order valence-electron chi connectivity index (χ1n) is 12.2. The lowest BCUT2D eigenvalue weighted by Crippen LogP contribution is -2.33. The minimum absolute atomic E-state index is 0.135. The number of nitrogens with zero attached hydrogens (tertiary/aromatic N) is 1. The molecule has 1 unspecified atom stereocenters. The number of hydrogen-bond donors (Lipinski definition) is 1. The number of fused-ring (bicyclic) bond motifs is 8. The van der Waals surface area contributed by atoms with E-state index in [1.165, 1.54) is 6.92 Å². The van der Waals surface area contributed by atoms with Gasteiger partial charge in [0, 0.05) is 48.6 Å². The fraction of sp³-hybridized carbons (Fsp3) is 0.200. The summed E-state index contributed by atoms with van der Waals surface area (Å²) >= 11 is 0. The van der Waals surface area contributed by atoms with Gasteiger partial charge in [0.1, 0.15) is 11.5 Å². The van der Waals surface area contributed by atoms with Gasteiger partial charge in [0.25, 0.3) is 0 Å². The van der Waals surface area contributed by atoms with Crippen molar-refractivity contribution in [3.63, 3.8) is 0 Å². The minimum Gasteiger partial charge on any atom is -0.456 e. The van der Waals surface area contributed by atoms with Crippen molar-refractivity contribution in [2.24, 2.45) is 0 Å². The molecule has 0 bridgehead atoms. The summed E-state index contributed by atoms with van der Waals surface area (Å²) < 4.78 is 12.9. The third kappa shape index (κ3) is 3.10. The monoisotopic (exact) mass is 478 g/mol. The van der Waals surface area contributed by atoms with Gasteiger partial charge in [-0.1, -0.05) is 30.3 Å². The number of carbonyl (C=O) groups is 2. The summed E-state index contributed by atoms with van der Waals surface area (Å²) in [5, 5.41) is 4.65. The summed E-state index contributed by atoms with van der Waals surface area (Å²) in [6.07, 6.45) is 0. The SMILES string of the molecule is CCN(CC)c1ccc2c(c1)Oc1ccc3cc(NC(C)=O)ccc3c1C21OC(=O)c2ccccc21. The van der Waals surface area contributed by atoms with Crippen LogP contribution in [-0.4, -0.2) is 25.0 Å². The number of carbonyl (C=O) groups excluding carboxylic acids is 2. The number of rotatable bonds is 4. The molecule has 1 spiro atoms. The first-order chi connectivity index (χ1) is 17.5. The molecular formula is C30H26N2O4. The lowest BCUT2D eigenvalue weighted by atomic mass is 9.76. The van der Waals surface area contributed by atoms with Crippen LogP contribution in [0.15, 0.2) is 72.8 Å². The van der Waals surface area contributed by atoms with Crippen LogP contribution in [0.5, 0.6) is 11.5 Å². The number of amides is 1. The molecule has 4 aromatic rings. The lowest BCUT2D eigenvalue weighted by Gasteiger charge is -2.38. The van der Waals surface area contributed by atoms with E-state index in [1.807, 2.05) is 66.7 Å². The minimum atomic E-state index is -1.15. The molecule has 6 nitrogen and oxygen atoms in total. The Morgan fingerprint density at radius 3 is 2.50 bits per heavy atom. The molecule has 4 aromatic carbocycles. The number of benzene rings is 4. The Bertz CT molecular complexity index is 1560. The highest BCUT2D eigenvalue weighted by Gasteiger charge is 2.54. The molecule has 2 aliphatic heterocycles. The van der Waals surface area contributed by atoms with Crippen molar-refractivity contribution >= 4 is 34.0 Å². The third-order valence-corrected chi connectivity index (χ3v) is 7.12. The lowest BCUT2D eigenvalue weighted by molar-refractivity contribution is -0.114. The summed E-state index contributed by atoms with van der Waals surface area (Å²) in [6, 6.07) is 23.3. The van der Waals surface area contributed by atoms with Crippen LogP contribution < -0.4 is 15.0 Å². The summed E-state index contributed by atoms with van der Waals surface area (Å²) in [7, 11) is 0. The van der Waals surface area contributed by atoms with E-state index in [1.54, 1.807) is 0 Å². The van der Waals surface area contributed by atoms with Crippen LogP contribution >= 0.6 is 0 Å². The second-order valence-corrected chi connectivity index (χ2v) is 9.13. The Hall–Kier alpha value is -4.32. The number of anilines is 2. The van der Waals surface area contributed by atoms with Crippen molar-refractivity contribution in [1.29, 1.82) is 0 Å². The van der Waals surface area contributed by atoms with Crippen LogP contribution in [-0.2, 0) is 15.1 Å². The Kier molecular flexibility index (Phi) is 5.00. The zero-order valence-corrected chi connectivity index (χ0v) is 20.4. The number of esters is 1. The second-order valence-electron chi connectivity index (χ2n) is 9.13. The molecule has 6 rings (SSSR count). The van der Waals surface area contributed by atoms with Crippen molar-refractivity contribution in [1.82, 2.24) is 0 Å². The zero-order chi connectivity index (χ0) is 25.0. The Morgan fingerprint density at radius 2 is 1.72 bits per heavy atom. The largest absolute Gasteiger partial charge is 0.456 e. The molecule has 1 amide bonds. The van der Waals surface area contributed by atoms with Gasteiger partial charge >= 0.3 is 5.97 Å². The molecule has 1 atom stereocenters. The summed E-state index contributed by atoms with van der Waals surface area (Å²) in [5.74, 6) is 0.821. The van der Waals surface area contributed by atoms with Gasteiger partial charge in [0.2, 0.25) is 5.91 Å². The highest BCUT2D eigenvalue weighted by atomic mass is 16.6. The number of hydrogen-bond acceptors (Lipinski definition) is 5. The standard InChI is InChI=1S/C30H26N2O4/c1-4-32(5-2)21-12-14-25-27(17-21)35-26-15-10-19-16-20(31-18(3)33)11-13-22(19)28(26)30(25)24-9-7-6-8-23(24)29(34)36-30/h6-17H,4-5H2,1-3H3,(H,31,33). The van der Waals surface area contributed by atoms with Gasteiger partial charge < -0.3 is 19.7 Å². The molecule has 180 valence electrons. The molecule has 0 aliphatic carbocycles. The quantitative estimate of drug-likeness (QED) is 0.353. The first kappa shape index (κ1) is 22.2. The molecule has 0 saturated carbocycles. The Labute approximate surface area is 209 Å². The Balaban J connectivity index is 1.65. The third-order valence-electron chi connectivity index (χ3n) is 7.12. The maximum atomic E-state index is 13.2. The maximum absolute atomic E-state index is 13.2. The Morgan fingerprint density at radius 1 is 0.917 bits per heavy atom. The van der Waals surface area contributed by atoms with Crippen molar-refractivity contribution in [3.05, 3.63) is 95.1 Å². The summed E-state index contributed by atoms with van der Waals surface area (Å²) in [6.45, 7) is 7.47. The maximum Gasteiger partial charge on any atom is 0.340 e. The van der Waals surface area contributed by atoms with E-state index in [9.17, 15) is 9.59 Å². The first-order valence-corrected chi connectivity index (χ1v) is 12.2. The van der Waals surface area contributed by atoms with Crippen LogP contribution in [0.1, 0.15) is 47.8 Å². The molecule has 0 fully saturated rings. The highest BCUT2D eigenvalue weighted by molar-refractivity contribution is 6.01. The predicted octanol–water partition coefficient (Wildman–Crippen LogP) is 6.21. The van der Waals surface area contributed by atoms with Gasteiger partial charge in [-0.2, -0.15) is 0 Å². The van der Waals surface area contributed by atoms with E-state index in [-0.39, 0.29) is 11.9 Å². The smallest absolute Gasteiger partial charge is 0.340 e. The van der Waals surface area contributed by atoms with Gasteiger partial charge in [-0.3, -0.25) is 4.79 Å². The number of ether oxygens (including phenoxy) is 2. The zero-order valence-electron chi connectivity index (χ0n) is 20.4. The molecule has 0 aromatic heterocycles. The second kappa shape index (κ2) is 8.12. The highest BCUT2D eigenvalue weighted by Crippen LogP contribution is 2.58. The molecule has 0 radical (unpaired) electrons. The van der Waals surface area contributed by atoms with Crippen LogP contribution in [0.4, 0.5) is 11.4 Å². The average molecular weight is 479 g/mol. The molecule has 36 heavy (non-hydrogen) atoms. The van der Waals surface area contributed by atoms with E-state index >= 15 is 0 Å².